The molecule has 4 aromatic rings. The summed E-state index contributed by atoms with van der Waals surface area (Å²) in [6.07, 6.45) is 0.727. The van der Waals surface area contributed by atoms with Gasteiger partial charge >= 0.3 is 0 Å². The minimum absolute atomic E-state index is 0.1000. The molecule has 9 heteroatoms. The average Bonchev–Trinajstić information content (AvgIpc) is 3.25. The third kappa shape index (κ3) is 5.42. The molecule has 0 saturated carbocycles. The molecule has 37 heavy (non-hydrogen) atoms. The molecule has 2 heterocycles. The highest BCUT2D eigenvalue weighted by atomic mass is 32.2. The second kappa shape index (κ2) is 10.6. The van der Waals surface area contributed by atoms with Crippen molar-refractivity contribution < 1.29 is 13.2 Å². The molecule has 1 amide bonds. The van der Waals surface area contributed by atoms with Gasteiger partial charge in [0.25, 0.3) is 15.9 Å². The number of nitriles is 1. The summed E-state index contributed by atoms with van der Waals surface area (Å²) in [6.45, 7) is 2.34. The van der Waals surface area contributed by atoms with Gasteiger partial charge in [0.2, 0.25) is 0 Å². The molecule has 1 aliphatic heterocycles. The molecule has 1 aromatic heterocycles. The van der Waals surface area contributed by atoms with Crippen LogP contribution in [0.1, 0.15) is 31.9 Å². The number of benzene rings is 3. The van der Waals surface area contributed by atoms with Crippen molar-refractivity contribution in [3.05, 3.63) is 112 Å². The molecular weight excluding hydrogens is 504 g/mol. The van der Waals surface area contributed by atoms with Gasteiger partial charge in [-0.05, 0) is 41.8 Å². The molecule has 5 rings (SSSR count). The normalized spacial score (nSPS) is 13.4. The summed E-state index contributed by atoms with van der Waals surface area (Å²) in [5, 5.41) is 13.2. The summed E-state index contributed by atoms with van der Waals surface area (Å²) in [6, 6.07) is 26.9. The van der Waals surface area contributed by atoms with Crippen molar-refractivity contribution in [2.24, 2.45) is 0 Å². The van der Waals surface area contributed by atoms with Gasteiger partial charge in [0, 0.05) is 24.5 Å². The number of carbonyl (C=O) groups excluding carboxylic acids is 1. The molecule has 0 radical (unpaired) electrons. The van der Waals surface area contributed by atoms with Gasteiger partial charge in [-0.15, -0.1) is 11.3 Å². The number of nitrogens with zero attached hydrogens (tertiary/aromatic N) is 2. The molecule has 7 nitrogen and oxygen atoms in total. The van der Waals surface area contributed by atoms with E-state index in [1.165, 1.54) is 29.0 Å². The van der Waals surface area contributed by atoms with E-state index in [1.54, 1.807) is 42.5 Å². The Balaban J connectivity index is 1.36. The fourth-order valence-electron chi connectivity index (χ4n) is 4.38. The lowest BCUT2D eigenvalue weighted by Gasteiger charge is -2.26. The maximum atomic E-state index is 13.3. The third-order valence-corrected chi connectivity index (χ3v) is 8.71. The first-order valence-electron chi connectivity index (χ1n) is 11.7. The summed E-state index contributed by atoms with van der Waals surface area (Å²) < 4.78 is 28.2. The van der Waals surface area contributed by atoms with Crippen LogP contribution < -0.4 is 10.0 Å². The highest BCUT2D eigenvalue weighted by Gasteiger charge is 2.26. The van der Waals surface area contributed by atoms with Gasteiger partial charge in [-0.25, -0.2) is 8.42 Å². The van der Waals surface area contributed by atoms with Crippen LogP contribution in [0.3, 0.4) is 0 Å². The van der Waals surface area contributed by atoms with Gasteiger partial charge in [0.05, 0.1) is 21.7 Å². The first-order chi connectivity index (χ1) is 17.9. The lowest BCUT2D eigenvalue weighted by molar-refractivity contribution is 0.102. The monoisotopic (exact) mass is 528 g/mol. The van der Waals surface area contributed by atoms with Crippen molar-refractivity contribution in [3.8, 4) is 6.07 Å². The fraction of sp³-hybridized carbons (Fsp3) is 0.143. The van der Waals surface area contributed by atoms with Crippen LogP contribution in [0.25, 0.3) is 0 Å². The molecule has 0 atom stereocenters. The molecule has 0 saturated heterocycles. The molecule has 0 aliphatic carbocycles. The van der Waals surface area contributed by atoms with E-state index in [0.29, 0.717) is 17.1 Å². The van der Waals surface area contributed by atoms with Gasteiger partial charge in [0.1, 0.15) is 11.1 Å². The standard InChI is InChI=1S/C28H24N4O3S2/c29-17-24-22-15-16-32(18-20-9-3-1-4-10-20)19-26(22)36-28(24)30-27(33)23-13-7-8-14-25(23)31-37(34,35)21-11-5-2-6-12-21/h1-14,31H,15-16,18-19H2,(H,30,33). The van der Waals surface area contributed by atoms with Gasteiger partial charge in [-0.3, -0.25) is 14.4 Å². The quantitative estimate of drug-likeness (QED) is 0.342. The minimum Gasteiger partial charge on any atom is -0.312 e. The van der Waals surface area contributed by atoms with Gasteiger partial charge in [0.15, 0.2) is 0 Å². The number of sulfonamides is 1. The number of anilines is 2. The van der Waals surface area contributed by atoms with Crippen LogP contribution >= 0.6 is 11.3 Å². The smallest absolute Gasteiger partial charge is 0.261 e. The fourth-order valence-corrected chi connectivity index (χ4v) is 6.72. The van der Waals surface area contributed by atoms with E-state index in [-0.39, 0.29) is 16.1 Å². The van der Waals surface area contributed by atoms with Gasteiger partial charge in [-0.2, -0.15) is 5.26 Å². The first-order valence-corrected chi connectivity index (χ1v) is 14.0. The molecule has 1 aliphatic rings. The Bertz CT molecular complexity index is 1580. The van der Waals surface area contributed by atoms with E-state index in [2.05, 4.69) is 33.1 Å². The number of amides is 1. The average molecular weight is 529 g/mol. The van der Waals surface area contributed by atoms with Crippen LogP contribution in [-0.2, 0) is 29.5 Å². The molecule has 0 spiro atoms. The Morgan fingerprint density at radius 2 is 1.65 bits per heavy atom. The van der Waals surface area contributed by atoms with Crippen molar-refractivity contribution in [2.75, 3.05) is 16.6 Å². The van der Waals surface area contributed by atoms with Gasteiger partial charge in [-0.1, -0.05) is 60.7 Å². The van der Waals surface area contributed by atoms with E-state index in [4.69, 9.17) is 0 Å². The maximum Gasteiger partial charge on any atom is 0.261 e. The number of hydrogen-bond donors (Lipinski definition) is 2. The first kappa shape index (κ1) is 24.7. The number of para-hydroxylation sites is 1. The maximum absolute atomic E-state index is 13.3. The molecule has 0 unspecified atom stereocenters. The number of thiophene rings is 1. The van der Waals surface area contributed by atoms with Crippen LogP contribution in [0.2, 0.25) is 0 Å². The van der Waals surface area contributed by atoms with E-state index in [9.17, 15) is 18.5 Å². The van der Waals surface area contributed by atoms with E-state index >= 15 is 0 Å². The zero-order valence-electron chi connectivity index (χ0n) is 19.8. The summed E-state index contributed by atoms with van der Waals surface area (Å²) in [5.74, 6) is -0.484. The second-order valence-corrected chi connectivity index (χ2v) is 11.5. The lowest BCUT2D eigenvalue weighted by Crippen LogP contribution is -2.29. The Hall–Kier alpha value is -3.97. The lowest BCUT2D eigenvalue weighted by atomic mass is 10.0. The minimum atomic E-state index is -3.87. The molecule has 0 fully saturated rings. The molecule has 3 aromatic carbocycles. The number of fused-ring (bicyclic) bond motifs is 1. The Labute approximate surface area is 220 Å². The van der Waals surface area contributed by atoms with Crippen LogP contribution in [0.5, 0.6) is 0 Å². The van der Waals surface area contributed by atoms with E-state index in [0.717, 1.165) is 30.0 Å². The van der Waals surface area contributed by atoms with Crippen molar-refractivity contribution in [3.63, 3.8) is 0 Å². The van der Waals surface area contributed by atoms with Gasteiger partial charge < -0.3 is 5.32 Å². The largest absolute Gasteiger partial charge is 0.312 e. The number of hydrogen-bond acceptors (Lipinski definition) is 6. The molecule has 0 bridgehead atoms. The molecular formula is C28H24N4O3S2. The van der Waals surface area contributed by atoms with Crippen LogP contribution in [-0.4, -0.2) is 25.8 Å². The van der Waals surface area contributed by atoms with Crippen molar-refractivity contribution >= 4 is 38.0 Å². The van der Waals surface area contributed by atoms with Crippen LogP contribution in [0.4, 0.5) is 10.7 Å². The summed E-state index contributed by atoms with van der Waals surface area (Å²) >= 11 is 1.40. The highest BCUT2D eigenvalue weighted by molar-refractivity contribution is 7.92. The Morgan fingerprint density at radius 3 is 2.38 bits per heavy atom. The number of rotatable bonds is 7. The zero-order valence-corrected chi connectivity index (χ0v) is 21.5. The van der Waals surface area contributed by atoms with Crippen LogP contribution in [0.15, 0.2) is 89.8 Å². The Kier molecular flexibility index (Phi) is 7.06. The second-order valence-electron chi connectivity index (χ2n) is 8.68. The van der Waals surface area contributed by atoms with Crippen molar-refractivity contribution in [2.45, 2.75) is 24.4 Å². The summed E-state index contributed by atoms with van der Waals surface area (Å²) in [5.41, 5.74) is 3.02. The number of carbonyl (C=O) groups is 1. The van der Waals surface area contributed by atoms with Crippen LogP contribution in [0, 0.1) is 11.3 Å². The van der Waals surface area contributed by atoms with Crippen molar-refractivity contribution in [1.82, 2.24) is 4.90 Å². The predicted octanol–water partition coefficient (Wildman–Crippen LogP) is 5.23. The van der Waals surface area contributed by atoms with Crippen molar-refractivity contribution in [1.29, 1.82) is 5.26 Å². The highest BCUT2D eigenvalue weighted by Crippen LogP contribution is 2.37. The van der Waals surface area contributed by atoms with E-state index < -0.39 is 15.9 Å². The third-order valence-electron chi connectivity index (χ3n) is 6.19. The number of nitrogens with one attached hydrogen (secondary N) is 2. The van der Waals surface area contributed by atoms with E-state index in [1.807, 2.05) is 18.2 Å². The topological polar surface area (TPSA) is 102 Å². The SMILES string of the molecule is N#Cc1c(NC(=O)c2ccccc2NS(=O)(=O)c2ccccc2)sc2c1CCN(Cc1ccccc1)C2. The predicted molar refractivity (Wildman–Crippen MR) is 145 cm³/mol. The summed E-state index contributed by atoms with van der Waals surface area (Å²) in [7, 11) is -3.87. The Morgan fingerprint density at radius 1 is 0.973 bits per heavy atom. The molecule has 2 N–H and O–H groups in total. The molecule has 186 valence electrons. The zero-order chi connectivity index (χ0) is 25.8. The summed E-state index contributed by atoms with van der Waals surface area (Å²) in [4.78, 5) is 16.8.